The van der Waals surface area contributed by atoms with Crippen LogP contribution in [-0.4, -0.2) is 35.1 Å². The predicted octanol–water partition coefficient (Wildman–Crippen LogP) is 3.23. The van der Waals surface area contributed by atoms with Crippen LogP contribution in [0.2, 0.25) is 0 Å². The zero-order valence-corrected chi connectivity index (χ0v) is 12.3. The van der Waals surface area contributed by atoms with E-state index in [4.69, 9.17) is 0 Å². The molecule has 4 nitrogen and oxygen atoms in total. The highest BCUT2D eigenvalue weighted by Gasteiger charge is 2.06. The molecule has 2 aromatic rings. The molecular formula is C14H20N4S. The van der Waals surface area contributed by atoms with Gasteiger partial charge >= 0.3 is 0 Å². The maximum Gasteiger partial charge on any atom is 0.225 e. The zero-order valence-electron chi connectivity index (χ0n) is 11.4. The van der Waals surface area contributed by atoms with Crippen LogP contribution >= 0.6 is 11.8 Å². The lowest BCUT2D eigenvalue weighted by atomic mass is 10.2. The van der Waals surface area contributed by atoms with Gasteiger partial charge in [0.15, 0.2) is 0 Å². The molecule has 0 unspecified atom stereocenters. The van der Waals surface area contributed by atoms with Crippen molar-refractivity contribution in [3.8, 4) is 0 Å². The van der Waals surface area contributed by atoms with Crippen molar-refractivity contribution in [1.82, 2.24) is 9.97 Å². The molecule has 2 rings (SSSR count). The molecule has 0 fully saturated rings. The summed E-state index contributed by atoms with van der Waals surface area (Å²) in [6, 6.07) is 8.10. The standard InChI is InChI=1S/C14H20N4S/c1-3-8-16-14-17-12-7-5-4-6-11(12)13(18-14)15-9-10-19-2/h4-7H,3,8-10H2,1-2H3,(H2,15,16,17,18). The highest BCUT2D eigenvalue weighted by Crippen LogP contribution is 2.21. The van der Waals surface area contributed by atoms with Gasteiger partial charge in [0, 0.05) is 24.2 Å². The van der Waals surface area contributed by atoms with Crippen molar-refractivity contribution < 1.29 is 0 Å². The lowest BCUT2D eigenvalue weighted by Gasteiger charge is -2.11. The summed E-state index contributed by atoms with van der Waals surface area (Å²) < 4.78 is 0. The van der Waals surface area contributed by atoms with Crippen LogP contribution in [0, 0.1) is 0 Å². The monoisotopic (exact) mass is 276 g/mol. The molecule has 19 heavy (non-hydrogen) atoms. The topological polar surface area (TPSA) is 49.8 Å². The van der Waals surface area contributed by atoms with Gasteiger partial charge in [-0.25, -0.2) is 4.98 Å². The summed E-state index contributed by atoms with van der Waals surface area (Å²) in [4.78, 5) is 9.10. The molecule has 0 radical (unpaired) electrons. The highest BCUT2D eigenvalue weighted by molar-refractivity contribution is 7.98. The van der Waals surface area contributed by atoms with E-state index in [-0.39, 0.29) is 0 Å². The molecule has 0 saturated carbocycles. The minimum atomic E-state index is 0.701. The van der Waals surface area contributed by atoms with Crippen LogP contribution in [-0.2, 0) is 0 Å². The molecule has 0 aliphatic heterocycles. The summed E-state index contributed by atoms with van der Waals surface area (Å²) in [6.07, 6.45) is 3.17. The second kappa shape index (κ2) is 7.19. The molecule has 0 aliphatic carbocycles. The SMILES string of the molecule is CCCNc1nc(NCCSC)c2ccccc2n1. The Kier molecular flexibility index (Phi) is 5.27. The molecular weight excluding hydrogens is 256 g/mol. The molecule has 1 aromatic heterocycles. The molecule has 0 aliphatic rings. The fraction of sp³-hybridized carbons (Fsp3) is 0.429. The van der Waals surface area contributed by atoms with E-state index in [1.165, 1.54) is 0 Å². The van der Waals surface area contributed by atoms with Gasteiger partial charge in [-0.15, -0.1) is 0 Å². The maximum absolute atomic E-state index is 4.57. The molecule has 1 aromatic carbocycles. The second-order valence-corrected chi connectivity index (χ2v) is 5.24. The number of rotatable bonds is 7. The Balaban J connectivity index is 2.28. The molecule has 102 valence electrons. The third-order valence-electron chi connectivity index (χ3n) is 2.73. The van der Waals surface area contributed by atoms with Crippen LogP contribution in [0.25, 0.3) is 10.9 Å². The van der Waals surface area contributed by atoms with Gasteiger partial charge in [-0.1, -0.05) is 19.1 Å². The first-order valence-corrected chi connectivity index (χ1v) is 7.98. The Labute approximate surface area is 118 Å². The highest BCUT2D eigenvalue weighted by atomic mass is 32.2. The fourth-order valence-electron chi connectivity index (χ4n) is 1.80. The average Bonchev–Trinajstić information content (AvgIpc) is 2.45. The van der Waals surface area contributed by atoms with Gasteiger partial charge in [-0.05, 0) is 24.8 Å². The lowest BCUT2D eigenvalue weighted by molar-refractivity contribution is 0.956. The fourth-order valence-corrected chi connectivity index (χ4v) is 2.10. The molecule has 2 N–H and O–H groups in total. The summed E-state index contributed by atoms with van der Waals surface area (Å²) in [5.74, 6) is 2.68. The van der Waals surface area contributed by atoms with Crippen LogP contribution < -0.4 is 10.6 Å². The van der Waals surface area contributed by atoms with Gasteiger partial charge in [0.25, 0.3) is 0 Å². The zero-order chi connectivity index (χ0) is 13.5. The van der Waals surface area contributed by atoms with Gasteiger partial charge < -0.3 is 10.6 Å². The number of nitrogens with zero attached hydrogens (tertiary/aromatic N) is 2. The van der Waals surface area contributed by atoms with Crippen LogP contribution in [0.15, 0.2) is 24.3 Å². The number of nitrogens with one attached hydrogen (secondary N) is 2. The smallest absolute Gasteiger partial charge is 0.225 e. The van der Waals surface area contributed by atoms with Crippen LogP contribution in [0.1, 0.15) is 13.3 Å². The van der Waals surface area contributed by atoms with Crippen molar-refractivity contribution in [2.75, 3.05) is 35.7 Å². The van der Waals surface area contributed by atoms with E-state index in [1.807, 2.05) is 30.0 Å². The minimum absolute atomic E-state index is 0.701. The number of fused-ring (bicyclic) bond motifs is 1. The van der Waals surface area contributed by atoms with E-state index in [1.54, 1.807) is 0 Å². The summed E-state index contributed by atoms with van der Waals surface area (Å²) in [7, 11) is 0. The van der Waals surface area contributed by atoms with Crippen molar-refractivity contribution in [1.29, 1.82) is 0 Å². The Bertz CT molecular complexity index is 530. The Morgan fingerprint density at radius 1 is 1.11 bits per heavy atom. The van der Waals surface area contributed by atoms with Gasteiger partial charge in [0.1, 0.15) is 5.82 Å². The molecule has 0 bridgehead atoms. The Hall–Kier alpha value is -1.49. The normalized spacial score (nSPS) is 10.6. The first-order valence-electron chi connectivity index (χ1n) is 6.58. The number of benzene rings is 1. The van der Waals surface area contributed by atoms with Gasteiger partial charge in [0.05, 0.1) is 5.52 Å². The van der Waals surface area contributed by atoms with Crippen molar-refractivity contribution in [2.24, 2.45) is 0 Å². The largest absolute Gasteiger partial charge is 0.369 e. The summed E-state index contributed by atoms with van der Waals surface area (Å²) >= 11 is 1.82. The number of anilines is 2. The van der Waals surface area contributed by atoms with Gasteiger partial charge in [-0.3, -0.25) is 0 Å². The molecule has 0 amide bonds. The molecule has 0 saturated heterocycles. The van der Waals surface area contributed by atoms with E-state index in [2.05, 4.69) is 39.8 Å². The Morgan fingerprint density at radius 3 is 2.74 bits per heavy atom. The van der Waals surface area contributed by atoms with E-state index in [0.29, 0.717) is 5.95 Å². The second-order valence-electron chi connectivity index (χ2n) is 4.26. The van der Waals surface area contributed by atoms with Crippen molar-refractivity contribution >= 4 is 34.4 Å². The van der Waals surface area contributed by atoms with Crippen LogP contribution in [0.3, 0.4) is 0 Å². The van der Waals surface area contributed by atoms with E-state index in [9.17, 15) is 0 Å². The third-order valence-corrected chi connectivity index (χ3v) is 3.35. The molecule has 0 atom stereocenters. The summed E-state index contributed by atoms with van der Waals surface area (Å²) in [5, 5.41) is 7.72. The van der Waals surface area contributed by atoms with Crippen molar-refractivity contribution in [3.63, 3.8) is 0 Å². The quantitative estimate of drug-likeness (QED) is 0.760. The minimum Gasteiger partial charge on any atom is -0.369 e. The first kappa shape index (κ1) is 13.9. The van der Waals surface area contributed by atoms with E-state index in [0.717, 1.165) is 42.0 Å². The van der Waals surface area contributed by atoms with Crippen molar-refractivity contribution in [3.05, 3.63) is 24.3 Å². The number of thioether (sulfide) groups is 1. The first-order chi connectivity index (χ1) is 9.35. The summed E-state index contributed by atoms with van der Waals surface area (Å²) in [6.45, 7) is 3.93. The lowest BCUT2D eigenvalue weighted by Crippen LogP contribution is -2.10. The number of hydrogen-bond donors (Lipinski definition) is 2. The molecule has 1 heterocycles. The third kappa shape index (κ3) is 3.73. The van der Waals surface area contributed by atoms with Crippen LogP contribution in [0.5, 0.6) is 0 Å². The number of hydrogen-bond acceptors (Lipinski definition) is 5. The summed E-state index contributed by atoms with van der Waals surface area (Å²) in [5.41, 5.74) is 0.975. The van der Waals surface area contributed by atoms with Crippen molar-refractivity contribution in [2.45, 2.75) is 13.3 Å². The van der Waals surface area contributed by atoms with Gasteiger partial charge in [-0.2, -0.15) is 16.7 Å². The van der Waals surface area contributed by atoms with E-state index < -0.39 is 0 Å². The number of para-hydroxylation sites is 1. The molecule has 0 spiro atoms. The van der Waals surface area contributed by atoms with Gasteiger partial charge in [0.2, 0.25) is 5.95 Å². The van der Waals surface area contributed by atoms with Crippen LogP contribution in [0.4, 0.5) is 11.8 Å². The molecule has 5 heteroatoms. The predicted molar refractivity (Wildman–Crippen MR) is 85.2 cm³/mol. The van der Waals surface area contributed by atoms with E-state index >= 15 is 0 Å². The maximum atomic E-state index is 4.57. The average molecular weight is 276 g/mol. The number of aromatic nitrogens is 2. The Morgan fingerprint density at radius 2 is 1.95 bits per heavy atom.